The average molecular weight is 239 g/mol. The molecule has 4 rings (SSSR count). The molecule has 1 atom stereocenters. The summed E-state index contributed by atoms with van der Waals surface area (Å²) in [4.78, 5) is 3.42. The van der Waals surface area contributed by atoms with Crippen molar-refractivity contribution in [1.29, 1.82) is 0 Å². The van der Waals surface area contributed by atoms with E-state index in [4.69, 9.17) is 9.47 Å². The number of hydrogen-bond donors (Lipinski definition) is 1. The van der Waals surface area contributed by atoms with Gasteiger partial charge in [0.1, 0.15) is 18.5 Å². The van der Waals surface area contributed by atoms with Gasteiger partial charge in [-0.05, 0) is 12.1 Å². The Kier molecular flexibility index (Phi) is 2.08. The highest BCUT2D eigenvalue weighted by atomic mass is 16.6. The Morgan fingerprint density at radius 1 is 1.11 bits per heavy atom. The summed E-state index contributed by atoms with van der Waals surface area (Å²) >= 11 is 0. The Balaban J connectivity index is 1.86. The summed E-state index contributed by atoms with van der Waals surface area (Å²) in [5.74, 6) is 0.902. The number of aromatic amines is 1. The summed E-state index contributed by atoms with van der Waals surface area (Å²) in [7, 11) is 0. The molecule has 0 bridgehead atoms. The number of fused-ring (bicyclic) bond motifs is 3. The van der Waals surface area contributed by atoms with Crippen molar-refractivity contribution >= 4 is 21.8 Å². The minimum atomic E-state index is 0.282. The third-order valence-electron chi connectivity index (χ3n) is 3.33. The molecule has 1 aliphatic rings. The number of H-pyrrole nitrogens is 1. The summed E-state index contributed by atoms with van der Waals surface area (Å²) in [6, 6.07) is 14.5. The number of ether oxygens (including phenoxy) is 2. The van der Waals surface area contributed by atoms with Gasteiger partial charge in [0, 0.05) is 16.3 Å². The number of para-hydroxylation sites is 2. The topological polar surface area (TPSA) is 37.5 Å². The minimum absolute atomic E-state index is 0.282. The van der Waals surface area contributed by atoms with Crippen LogP contribution in [0.15, 0.2) is 42.5 Å². The first-order valence-corrected chi connectivity index (χ1v) is 6.16. The van der Waals surface area contributed by atoms with E-state index in [9.17, 15) is 0 Å². The third-order valence-corrected chi connectivity index (χ3v) is 3.33. The van der Waals surface area contributed by atoms with Gasteiger partial charge in [-0.1, -0.05) is 30.3 Å². The summed E-state index contributed by atoms with van der Waals surface area (Å²) in [5, 5.41) is 2.44. The minimum Gasteiger partial charge on any atom is -0.489 e. The molecule has 3 aromatic rings. The van der Waals surface area contributed by atoms with Crippen molar-refractivity contribution in [2.75, 3.05) is 13.2 Å². The second-order valence-corrected chi connectivity index (χ2v) is 4.62. The first-order valence-electron chi connectivity index (χ1n) is 6.16. The van der Waals surface area contributed by atoms with E-state index >= 15 is 0 Å². The van der Waals surface area contributed by atoms with Crippen LogP contribution in [-0.2, 0) is 4.74 Å². The second kappa shape index (κ2) is 3.75. The van der Waals surface area contributed by atoms with Crippen LogP contribution in [0.1, 0.15) is 0 Å². The molecule has 90 valence electrons. The highest BCUT2D eigenvalue weighted by Gasteiger charge is 2.23. The van der Waals surface area contributed by atoms with Gasteiger partial charge >= 0.3 is 0 Å². The zero-order valence-electron chi connectivity index (χ0n) is 9.85. The maximum absolute atomic E-state index is 5.82. The summed E-state index contributed by atoms with van der Waals surface area (Å²) in [5.41, 5.74) is 2.21. The van der Waals surface area contributed by atoms with Crippen LogP contribution < -0.4 is 4.74 Å². The van der Waals surface area contributed by atoms with Gasteiger partial charge in [0.15, 0.2) is 0 Å². The Bertz CT molecular complexity index is 713. The van der Waals surface area contributed by atoms with Gasteiger partial charge in [0.05, 0.1) is 12.1 Å². The molecule has 1 fully saturated rings. The molecule has 1 aliphatic heterocycles. The smallest absolute Gasteiger partial charge is 0.143 e. The van der Waals surface area contributed by atoms with Crippen molar-refractivity contribution in [3.8, 4) is 5.75 Å². The van der Waals surface area contributed by atoms with Crippen molar-refractivity contribution in [2.24, 2.45) is 0 Å². The number of epoxide rings is 1. The first-order chi connectivity index (χ1) is 8.92. The molecule has 3 nitrogen and oxygen atoms in total. The highest BCUT2D eigenvalue weighted by molar-refractivity contribution is 6.09. The molecule has 0 radical (unpaired) electrons. The van der Waals surface area contributed by atoms with Gasteiger partial charge in [0.2, 0.25) is 0 Å². The maximum Gasteiger partial charge on any atom is 0.143 e. The van der Waals surface area contributed by atoms with Crippen LogP contribution in [0.3, 0.4) is 0 Å². The highest BCUT2D eigenvalue weighted by Crippen LogP contribution is 2.31. The third kappa shape index (κ3) is 1.56. The fourth-order valence-corrected chi connectivity index (χ4v) is 2.31. The van der Waals surface area contributed by atoms with Crippen molar-refractivity contribution < 1.29 is 9.47 Å². The summed E-state index contributed by atoms with van der Waals surface area (Å²) < 4.78 is 11.0. The summed E-state index contributed by atoms with van der Waals surface area (Å²) in [6.45, 7) is 1.46. The second-order valence-electron chi connectivity index (χ2n) is 4.62. The van der Waals surface area contributed by atoms with Gasteiger partial charge in [-0.2, -0.15) is 0 Å². The standard InChI is InChI=1S/C15H13NO2/c1-2-6-13-11(4-1)12-5-3-7-14(15(12)16-13)18-9-10-8-17-10/h1-7,10,16H,8-9H2. The molecule has 0 spiro atoms. The average Bonchev–Trinajstić information content (AvgIpc) is 3.16. The van der Waals surface area contributed by atoms with Gasteiger partial charge in [0.25, 0.3) is 0 Å². The van der Waals surface area contributed by atoms with E-state index in [0.717, 1.165) is 23.4 Å². The van der Waals surface area contributed by atoms with Crippen LogP contribution >= 0.6 is 0 Å². The van der Waals surface area contributed by atoms with Crippen LogP contribution in [0.25, 0.3) is 21.8 Å². The molecule has 1 N–H and O–H groups in total. The van der Waals surface area contributed by atoms with Gasteiger partial charge in [-0.3, -0.25) is 0 Å². The maximum atomic E-state index is 5.82. The fraction of sp³-hybridized carbons (Fsp3) is 0.200. The predicted octanol–water partition coefficient (Wildman–Crippen LogP) is 3.10. The zero-order chi connectivity index (χ0) is 11.9. The number of hydrogen-bond acceptors (Lipinski definition) is 2. The lowest BCUT2D eigenvalue weighted by molar-refractivity contribution is 0.265. The Labute approximate surface area is 104 Å². The van der Waals surface area contributed by atoms with Crippen molar-refractivity contribution in [2.45, 2.75) is 6.10 Å². The molecular formula is C15H13NO2. The van der Waals surface area contributed by atoms with Crippen LogP contribution in [-0.4, -0.2) is 24.3 Å². The number of benzene rings is 2. The van der Waals surface area contributed by atoms with Crippen LogP contribution in [0.2, 0.25) is 0 Å². The van der Waals surface area contributed by atoms with E-state index in [0.29, 0.717) is 6.61 Å². The van der Waals surface area contributed by atoms with E-state index in [2.05, 4.69) is 29.2 Å². The van der Waals surface area contributed by atoms with Gasteiger partial charge in [-0.25, -0.2) is 0 Å². The van der Waals surface area contributed by atoms with E-state index < -0.39 is 0 Å². The molecule has 18 heavy (non-hydrogen) atoms. The normalized spacial score (nSPS) is 18.3. The molecule has 3 heteroatoms. The zero-order valence-corrected chi connectivity index (χ0v) is 9.85. The van der Waals surface area contributed by atoms with Crippen molar-refractivity contribution in [1.82, 2.24) is 4.98 Å². The first kappa shape index (κ1) is 9.97. The Hall–Kier alpha value is -2.00. The van der Waals surface area contributed by atoms with Crippen molar-refractivity contribution in [3.63, 3.8) is 0 Å². The Morgan fingerprint density at radius 3 is 2.83 bits per heavy atom. The molecule has 1 aromatic heterocycles. The SMILES string of the molecule is c1ccc2c(c1)[nH]c1c(OCC3CO3)cccc12. The lowest BCUT2D eigenvalue weighted by atomic mass is 10.1. The van der Waals surface area contributed by atoms with E-state index in [1.54, 1.807) is 0 Å². The molecule has 1 saturated heterocycles. The monoisotopic (exact) mass is 239 g/mol. The fourth-order valence-electron chi connectivity index (χ4n) is 2.31. The Morgan fingerprint density at radius 2 is 1.94 bits per heavy atom. The lowest BCUT2D eigenvalue weighted by Crippen LogP contribution is -2.04. The molecule has 0 aliphatic carbocycles. The van der Waals surface area contributed by atoms with Gasteiger partial charge < -0.3 is 14.5 Å². The van der Waals surface area contributed by atoms with Gasteiger partial charge in [-0.15, -0.1) is 0 Å². The predicted molar refractivity (Wildman–Crippen MR) is 71.0 cm³/mol. The molecule has 0 amide bonds. The molecular weight excluding hydrogens is 226 g/mol. The molecule has 2 aromatic carbocycles. The largest absolute Gasteiger partial charge is 0.489 e. The summed E-state index contributed by atoms with van der Waals surface area (Å²) in [6.07, 6.45) is 0.282. The number of rotatable bonds is 3. The van der Waals surface area contributed by atoms with Crippen LogP contribution in [0.5, 0.6) is 5.75 Å². The number of aromatic nitrogens is 1. The van der Waals surface area contributed by atoms with E-state index in [-0.39, 0.29) is 6.10 Å². The molecule has 1 unspecified atom stereocenters. The van der Waals surface area contributed by atoms with Crippen LogP contribution in [0, 0.1) is 0 Å². The van der Waals surface area contributed by atoms with E-state index in [1.807, 2.05) is 18.2 Å². The van der Waals surface area contributed by atoms with Crippen molar-refractivity contribution in [3.05, 3.63) is 42.5 Å². The quantitative estimate of drug-likeness (QED) is 0.713. The van der Waals surface area contributed by atoms with Crippen LogP contribution in [0.4, 0.5) is 0 Å². The lowest BCUT2D eigenvalue weighted by Gasteiger charge is -2.04. The molecule has 0 saturated carbocycles. The number of nitrogens with one attached hydrogen (secondary N) is 1. The molecule has 2 heterocycles. The van der Waals surface area contributed by atoms with E-state index in [1.165, 1.54) is 10.8 Å².